The molecule has 1 saturated carbocycles. The molecule has 3 aromatic carbocycles. The monoisotopic (exact) mass is 572 g/mol. The van der Waals surface area contributed by atoms with Crippen molar-refractivity contribution in [3.8, 4) is 28.4 Å². The first-order valence-electron chi connectivity index (χ1n) is 14.0. The van der Waals surface area contributed by atoms with E-state index in [1.54, 1.807) is 21.3 Å². The molecule has 214 valence electrons. The molecule has 3 N–H and O–H groups in total. The maximum Gasteiger partial charge on any atom is 0.203 e. The summed E-state index contributed by atoms with van der Waals surface area (Å²) in [5.74, 6) is 4.48. The average Bonchev–Trinajstić information content (AvgIpc) is 3.01. The van der Waals surface area contributed by atoms with Crippen LogP contribution in [-0.4, -0.2) is 44.4 Å². The third-order valence-corrected chi connectivity index (χ3v) is 8.03. The van der Waals surface area contributed by atoms with Gasteiger partial charge in [-0.3, -0.25) is 0 Å². The topological polar surface area (TPSA) is 91.5 Å². The molecular formula is C33H37ClN4O3. The van der Waals surface area contributed by atoms with Crippen LogP contribution in [0.1, 0.15) is 37.1 Å². The van der Waals surface area contributed by atoms with E-state index in [1.165, 1.54) is 19.3 Å². The van der Waals surface area contributed by atoms with Crippen LogP contribution in [0, 0.1) is 11.8 Å². The quantitative estimate of drug-likeness (QED) is 0.206. The molecule has 1 aliphatic rings. The third kappa shape index (κ3) is 6.75. The van der Waals surface area contributed by atoms with Crippen LogP contribution in [0.25, 0.3) is 34.2 Å². The van der Waals surface area contributed by atoms with Gasteiger partial charge in [0.15, 0.2) is 17.3 Å². The van der Waals surface area contributed by atoms with Gasteiger partial charge in [-0.05, 0) is 90.7 Å². The van der Waals surface area contributed by atoms with Crippen molar-refractivity contribution in [3.05, 3.63) is 71.0 Å². The summed E-state index contributed by atoms with van der Waals surface area (Å²) in [6.07, 6.45) is 8.81. The predicted octanol–water partition coefficient (Wildman–Crippen LogP) is 7.32. The van der Waals surface area contributed by atoms with Crippen molar-refractivity contribution in [2.24, 2.45) is 17.6 Å². The molecule has 0 spiro atoms. The Morgan fingerprint density at radius 2 is 1.61 bits per heavy atom. The molecule has 1 fully saturated rings. The average molecular weight is 573 g/mol. The molecule has 0 saturated heterocycles. The lowest BCUT2D eigenvalue weighted by Gasteiger charge is -2.28. The molecule has 0 radical (unpaired) electrons. The van der Waals surface area contributed by atoms with Crippen molar-refractivity contribution >= 4 is 40.5 Å². The van der Waals surface area contributed by atoms with Gasteiger partial charge in [-0.15, -0.1) is 0 Å². The molecule has 0 amide bonds. The maximum absolute atomic E-state index is 6.31. The number of nitrogens with two attached hydrogens (primary N) is 1. The Hall–Kier alpha value is -3.81. The molecule has 0 bridgehead atoms. The molecule has 4 aromatic rings. The number of methoxy groups -OCH3 is 3. The Morgan fingerprint density at radius 3 is 2.29 bits per heavy atom. The Labute approximate surface area is 246 Å². The van der Waals surface area contributed by atoms with Crippen molar-refractivity contribution in [1.82, 2.24) is 9.97 Å². The lowest BCUT2D eigenvalue weighted by atomic mass is 9.81. The molecule has 1 aliphatic carbocycles. The summed E-state index contributed by atoms with van der Waals surface area (Å²) in [6, 6.07) is 17.9. The van der Waals surface area contributed by atoms with Gasteiger partial charge in [-0.1, -0.05) is 48.4 Å². The van der Waals surface area contributed by atoms with Crippen LogP contribution >= 0.6 is 11.6 Å². The van der Waals surface area contributed by atoms with Gasteiger partial charge >= 0.3 is 0 Å². The van der Waals surface area contributed by atoms with E-state index in [1.807, 2.05) is 42.5 Å². The number of anilines is 1. The van der Waals surface area contributed by atoms with E-state index in [0.717, 1.165) is 52.9 Å². The number of hydrogen-bond acceptors (Lipinski definition) is 7. The number of nitrogens with one attached hydrogen (secondary N) is 1. The maximum atomic E-state index is 6.31. The fourth-order valence-corrected chi connectivity index (χ4v) is 5.74. The van der Waals surface area contributed by atoms with E-state index in [-0.39, 0.29) is 0 Å². The number of rotatable bonds is 10. The van der Waals surface area contributed by atoms with Crippen LogP contribution in [0.4, 0.5) is 5.82 Å². The Balaban J connectivity index is 1.37. The highest BCUT2D eigenvalue weighted by Gasteiger charge is 2.21. The minimum absolute atomic E-state index is 0.572. The SMILES string of the molecule is COc1cc(-c2ccc(/C=C/c3nc(NCC4CCCC(CN)C4)c4ccc(Cl)cc4n3)cc2)cc(OC)c1OC. The van der Waals surface area contributed by atoms with Gasteiger partial charge in [0.05, 0.1) is 26.8 Å². The van der Waals surface area contributed by atoms with Crippen LogP contribution in [0.15, 0.2) is 54.6 Å². The molecule has 1 heterocycles. The zero-order valence-electron chi connectivity index (χ0n) is 23.8. The largest absolute Gasteiger partial charge is 0.493 e. The van der Waals surface area contributed by atoms with E-state index in [0.29, 0.717) is 39.9 Å². The molecular weight excluding hydrogens is 536 g/mol. The van der Waals surface area contributed by atoms with E-state index in [4.69, 9.17) is 41.5 Å². The second-order valence-electron chi connectivity index (χ2n) is 10.5. The van der Waals surface area contributed by atoms with Crippen LogP contribution in [0.2, 0.25) is 5.02 Å². The van der Waals surface area contributed by atoms with Gasteiger partial charge in [0.1, 0.15) is 5.82 Å². The number of benzene rings is 3. The lowest BCUT2D eigenvalue weighted by molar-refractivity contribution is 0.281. The Morgan fingerprint density at radius 1 is 0.878 bits per heavy atom. The lowest BCUT2D eigenvalue weighted by Crippen LogP contribution is -2.26. The fourth-order valence-electron chi connectivity index (χ4n) is 5.58. The first-order valence-corrected chi connectivity index (χ1v) is 14.4. The van der Waals surface area contributed by atoms with Gasteiger partial charge in [0, 0.05) is 17.0 Å². The highest BCUT2D eigenvalue weighted by molar-refractivity contribution is 6.31. The third-order valence-electron chi connectivity index (χ3n) is 7.79. The van der Waals surface area contributed by atoms with Gasteiger partial charge in [-0.25, -0.2) is 9.97 Å². The summed E-state index contributed by atoms with van der Waals surface area (Å²) in [7, 11) is 4.83. The van der Waals surface area contributed by atoms with Crippen LogP contribution < -0.4 is 25.3 Å². The summed E-state index contributed by atoms with van der Waals surface area (Å²) in [4.78, 5) is 9.65. The Bertz CT molecular complexity index is 1500. The van der Waals surface area contributed by atoms with E-state index in [2.05, 4.69) is 29.6 Å². The summed E-state index contributed by atoms with van der Waals surface area (Å²) >= 11 is 6.31. The molecule has 2 unspecified atom stereocenters. The normalized spacial score (nSPS) is 17.1. The van der Waals surface area contributed by atoms with Crippen molar-refractivity contribution < 1.29 is 14.2 Å². The van der Waals surface area contributed by atoms with Crippen LogP contribution in [0.5, 0.6) is 17.2 Å². The fraction of sp³-hybridized carbons (Fsp3) is 0.333. The van der Waals surface area contributed by atoms with E-state index < -0.39 is 0 Å². The number of nitrogens with zero attached hydrogens (tertiary/aromatic N) is 2. The number of hydrogen-bond donors (Lipinski definition) is 2. The number of fused-ring (bicyclic) bond motifs is 1. The number of halogens is 1. The standard InChI is InChI=1S/C33H37ClN4O3/c1-39-29-16-25(17-30(40-2)32(29)41-3)24-10-7-21(8-11-24)9-14-31-37-28-18-26(34)12-13-27(28)33(38-31)36-20-23-6-4-5-22(15-23)19-35/h7-14,16-18,22-23H,4-6,15,19-20,35H2,1-3H3,(H,36,37,38)/b14-9+. The Kier molecular flexibility index (Phi) is 9.27. The number of aromatic nitrogens is 2. The second-order valence-corrected chi connectivity index (χ2v) is 10.9. The van der Waals surface area contributed by atoms with Crippen LogP contribution in [0.3, 0.4) is 0 Å². The van der Waals surface area contributed by atoms with Crippen molar-refractivity contribution in [2.75, 3.05) is 39.7 Å². The van der Waals surface area contributed by atoms with Gasteiger partial charge in [-0.2, -0.15) is 0 Å². The van der Waals surface area contributed by atoms with Gasteiger partial charge < -0.3 is 25.3 Å². The summed E-state index contributed by atoms with van der Waals surface area (Å²) in [5, 5.41) is 5.23. The molecule has 5 rings (SSSR count). The molecule has 0 aliphatic heterocycles. The second kappa shape index (κ2) is 13.2. The van der Waals surface area contributed by atoms with Gasteiger partial charge in [0.2, 0.25) is 5.75 Å². The molecule has 8 heteroatoms. The summed E-state index contributed by atoms with van der Waals surface area (Å²) in [5.41, 5.74) is 9.80. The smallest absolute Gasteiger partial charge is 0.203 e. The molecule has 1 aromatic heterocycles. The molecule has 41 heavy (non-hydrogen) atoms. The first kappa shape index (κ1) is 28.7. The highest BCUT2D eigenvalue weighted by atomic mass is 35.5. The van der Waals surface area contributed by atoms with Crippen LogP contribution in [-0.2, 0) is 0 Å². The zero-order valence-corrected chi connectivity index (χ0v) is 24.6. The first-order chi connectivity index (χ1) is 20.0. The van der Waals surface area contributed by atoms with E-state index in [9.17, 15) is 0 Å². The minimum atomic E-state index is 0.572. The highest BCUT2D eigenvalue weighted by Crippen LogP contribution is 2.41. The van der Waals surface area contributed by atoms with E-state index >= 15 is 0 Å². The van der Waals surface area contributed by atoms with Crippen molar-refractivity contribution in [3.63, 3.8) is 0 Å². The molecule has 2 atom stereocenters. The predicted molar refractivity (Wildman–Crippen MR) is 168 cm³/mol. The zero-order chi connectivity index (χ0) is 28.8. The summed E-state index contributed by atoms with van der Waals surface area (Å²) in [6.45, 7) is 1.64. The number of ether oxygens (including phenoxy) is 3. The minimum Gasteiger partial charge on any atom is -0.493 e. The molecule has 7 nitrogen and oxygen atoms in total. The van der Waals surface area contributed by atoms with Crippen molar-refractivity contribution in [2.45, 2.75) is 25.7 Å². The van der Waals surface area contributed by atoms with Crippen molar-refractivity contribution in [1.29, 1.82) is 0 Å². The summed E-state index contributed by atoms with van der Waals surface area (Å²) < 4.78 is 16.5. The van der Waals surface area contributed by atoms with Gasteiger partial charge in [0.25, 0.3) is 0 Å².